The zero-order valence-electron chi connectivity index (χ0n) is 9.95. The molecule has 0 aliphatic heterocycles. The molecule has 0 unspecified atom stereocenters. The fraction of sp³-hybridized carbons (Fsp3) is 0.700. The maximum Gasteiger partial charge on any atom is 0.233 e. The maximum atomic E-state index is 11.6. The van der Waals surface area contributed by atoms with Crippen LogP contribution in [0.1, 0.15) is 32.9 Å². The Bertz CT molecular complexity index is 423. The van der Waals surface area contributed by atoms with E-state index >= 15 is 0 Å². The number of sulfonamides is 1. The van der Waals surface area contributed by atoms with Crippen molar-refractivity contribution in [1.82, 2.24) is 10.2 Å². The van der Waals surface area contributed by atoms with Gasteiger partial charge in [-0.25, -0.2) is 8.42 Å². The lowest BCUT2D eigenvalue weighted by atomic mass is 10.2. The summed E-state index contributed by atoms with van der Waals surface area (Å²) in [5, 5.41) is 6.65. The van der Waals surface area contributed by atoms with Gasteiger partial charge in [0.05, 0.1) is 5.75 Å². The third-order valence-electron chi connectivity index (χ3n) is 2.24. The summed E-state index contributed by atoms with van der Waals surface area (Å²) in [6.45, 7) is 5.98. The third kappa shape index (κ3) is 4.22. The van der Waals surface area contributed by atoms with E-state index in [1.165, 1.54) is 0 Å². The molecule has 0 aliphatic rings. The van der Waals surface area contributed by atoms with Gasteiger partial charge in [0.1, 0.15) is 0 Å². The van der Waals surface area contributed by atoms with Crippen LogP contribution in [0.5, 0.6) is 0 Å². The summed E-state index contributed by atoms with van der Waals surface area (Å²) in [5.41, 5.74) is 0.918. The maximum absolute atomic E-state index is 11.6. The molecule has 0 atom stereocenters. The molecule has 0 spiro atoms. The molecule has 6 heteroatoms. The lowest BCUT2D eigenvalue weighted by molar-refractivity contribution is 0.578. The van der Waals surface area contributed by atoms with E-state index in [9.17, 15) is 8.42 Å². The first-order chi connectivity index (χ1) is 7.43. The largest absolute Gasteiger partial charge is 0.280 e. The Morgan fingerprint density at radius 3 is 2.69 bits per heavy atom. The van der Waals surface area contributed by atoms with Crippen LogP contribution in [0.4, 0.5) is 5.82 Å². The Labute approximate surface area is 96.7 Å². The lowest BCUT2D eigenvalue weighted by Crippen LogP contribution is -2.18. The van der Waals surface area contributed by atoms with Gasteiger partial charge in [-0.2, -0.15) is 5.10 Å². The van der Waals surface area contributed by atoms with Crippen LogP contribution < -0.4 is 4.72 Å². The molecule has 0 aliphatic carbocycles. The van der Waals surface area contributed by atoms with E-state index in [1.54, 1.807) is 6.07 Å². The lowest BCUT2D eigenvalue weighted by Gasteiger charge is -2.06. The number of H-pyrrole nitrogens is 1. The molecule has 0 fully saturated rings. The molecule has 1 aromatic heterocycles. The summed E-state index contributed by atoms with van der Waals surface area (Å²) in [6.07, 6.45) is 1.46. The van der Waals surface area contributed by atoms with Crippen molar-refractivity contribution in [3.8, 4) is 0 Å². The Morgan fingerprint density at radius 2 is 2.19 bits per heavy atom. The van der Waals surface area contributed by atoms with E-state index in [2.05, 4.69) is 14.9 Å². The second kappa shape index (κ2) is 5.34. The van der Waals surface area contributed by atoms with E-state index in [4.69, 9.17) is 0 Å². The molecule has 0 radical (unpaired) electrons. The molecule has 0 amide bonds. The van der Waals surface area contributed by atoms with E-state index in [0.29, 0.717) is 18.2 Å². The fourth-order valence-electron chi connectivity index (χ4n) is 1.20. The number of anilines is 1. The molecule has 0 bridgehead atoms. The van der Waals surface area contributed by atoms with E-state index in [-0.39, 0.29) is 5.75 Å². The van der Waals surface area contributed by atoms with Crippen LogP contribution in [0.25, 0.3) is 0 Å². The van der Waals surface area contributed by atoms with Gasteiger partial charge in [0.15, 0.2) is 5.82 Å². The summed E-state index contributed by atoms with van der Waals surface area (Å²) >= 11 is 0. The van der Waals surface area contributed by atoms with Crippen LogP contribution in [-0.4, -0.2) is 24.4 Å². The summed E-state index contributed by atoms with van der Waals surface area (Å²) in [7, 11) is -3.26. The van der Waals surface area contributed by atoms with Crippen molar-refractivity contribution in [3.63, 3.8) is 0 Å². The van der Waals surface area contributed by atoms with Crippen molar-refractivity contribution in [2.24, 2.45) is 5.92 Å². The Kier molecular flexibility index (Phi) is 4.35. The minimum atomic E-state index is -3.26. The van der Waals surface area contributed by atoms with Gasteiger partial charge < -0.3 is 0 Å². The van der Waals surface area contributed by atoms with Gasteiger partial charge in [-0.1, -0.05) is 20.8 Å². The van der Waals surface area contributed by atoms with Crippen molar-refractivity contribution in [2.75, 3.05) is 10.5 Å². The van der Waals surface area contributed by atoms with Gasteiger partial charge in [0, 0.05) is 11.8 Å². The first kappa shape index (κ1) is 13.0. The van der Waals surface area contributed by atoms with E-state index < -0.39 is 10.0 Å². The molecule has 0 saturated carbocycles. The summed E-state index contributed by atoms with van der Waals surface area (Å²) in [6, 6.07) is 1.72. The average Bonchev–Trinajstić information content (AvgIpc) is 2.62. The van der Waals surface area contributed by atoms with Crippen LogP contribution in [0.3, 0.4) is 0 Å². The molecule has 16 heavy (non-hydrogen) atoms. The average molecular weight is 245 g/mol. The van der Waals surface area contributed by atoms with Crippen LogP contribution in [0.2, 0.25) is 0 Å². The number of hydrogen-bond acceptors (Lipinski definition) is 3. The summed E-state index contributed by atoms with van der Waals surface area (Å²) in [5.74, 6) is 0.890. The number of aryl methyl sites for hydroxylation is 1. The number of aromatic nitrogens is 2. The molecule has 2 N–H and O–H groups in total. The second-order valence-corrected chi connectivity index (χ2v) is 6.08. The van der Waals surface area contributed by atoms with Crippen molar-refractivity contribution in [2.45, 2.75) is 33.6 Å². The highest BCUT2D eigenvalue weighted by atomic mass is 32.2. The number of nitrogens with one attached hydrogen (secondary N) is 2. The number of hydrogen-bond donors (Lipinski definition) is 2. The summed E-state index contributed by atoms with van der Waals surface area (Å²) < 4.78 is 25.7. The molecule has 0 aromatic carbocycles. The number of rotatable bonds is 6. The third-order valence-corrected chi connectivity index (χ3v) is 3.53. The topological polar surface area (TPSA) is 74.8 Å². The number of nitrogens with zero attached hydrogens (tertiary/aromatic N) is 1. The Morgan fingerprint density at radius 1 is 1.50 bits per heavy atom. The van der Waals surface area contributed by atoms with Crippen LogP contribution in [0, 0.1) is 5.92 Å². The van der Waals surface area contributed by atoms with Crippen LogP contribution in [-0.2, 0) is 16.4 Å². The molecule has 1 aromatic rings. The van der Waals surface area contributed by atoms with Crippen molar-refractivity contribution >= 4 is 15.8 Å². The molecular weight excluding hydrogens is 226 g/mol. The highest BCUT2D eigenvalue weighted by molar-refractivity contribution is 7.92. The quantitative estimate of drug-likeness (QED) is 0.802. The Balaban J connectivity index is 2.58. The Hall–Kier alpha value is -1.04. The van der Waals surface area contributed by atoms with Crippen molar-refractivity contribution < 1.29 is 8.42 Å². The minimum absolute atomic E-state index is 0.138. The minimum Gasteiger partial charge on any atom is -0.280 e. The molecule has 0 saturated heterocycles. The zero-order chi connectivity index (χ0) is 12.2. The first-order valence-electron chi connectivity index (χ1n) is 5.47. The predicted octanol–water partition coefficient (Wildman–Crippen LogP) is 1.76. The summed E-state index contributed by atoms with van der Waals surface area (Å²) in [4.78, 5) is 0. The van der Waals surface area contributed by atoms with Gasteiger partial charge in [-0.3, -0.25) is 9.82 Å². The molecule has 1 rings (SSSR count). The van der Waals surface area contributed by atoms with Crippen LogP contribution >= 0.6 is 0 Å². The monoisotopic (exact) mass is 245 g/mol. The van der Waals surface area contributed by atoms with Gasteiger partial charge in [-0.05, 0) is 18.8 Å². The van der Waals surface area contributed by atoms with E-state index in [0.717, 1.165) is 12.1 Å². The van der Waals surface area contributed by atoms with Gasteiger partial charge in [-0.15, -0.1) is 0 Å². The van der Waals surface area contributed by atoms with E-state index in [1.807, 2.05) is 20.8 Å². The molecule has 1 heterocycles. The SMILES string of the molecule is CCc1cc(NS(=O)(=O)CCC(C)C)n[nH]1. The predicted molar refractivity (Wildman–Crippen MR) is 64.8 cm³/mol. The smallest absolute Gasteiger partial charge is 0.233 e. The van der Waals surface area contributed by atoms with Gasteiger partial charge in [0.2, 0.25) is 10.0 Å². The molecule has 92 valence electrons. The van der Waals surface area contributed by atoms with Crippen molar-refractivity contribution in [3.05, 3.63) is 11.8 Å². The zero-order valence-corrected chi connectivity index (χ0v) is 10.8. The van der Waals surface area contributed by atoms with Crippen molar-refractivity contribution in [1.29, 1.82) is 0 Å². The van der Waals surface area contributed by atoms with Gasteiger partial charge in [0.25, 0.3) is 0 Å². The molecule has 5 nitrogen and oxygen atoms in total. The highest BCUT2D eigenvalue weighted by Gasteiger charge is 2.12. The van der Waals surface area contributed by atoms with Gasteiger partial charge >= 0.3 is 0 Å². The second-order valence-electron chi connectivity index (χ2n) is 4.24. The normalized spacial score (nSPS) is 12.0. The first-order valence-corrected chi connectivity index (χ1v) is 7.13. The standard InChI is InChI=1S/C10H19N3O2S/c1-4-9-7-10(12-11-9)13-16(14,15)6-5-8(2)3/h7-8H,4-6H2,1-3H3,(H2,11,12,13). The number of aromatic amines is 1. The fourth-order valence-corrected chi connectivity index (χ4v) is 2.50. The molecular formula is C10H19N3O2S. The highest BCUT2D eigenvalue weighted by Crippen LogP contribution is 2.10. The van der Waals surface area contributed by atoms with Crippen LogP contribution in [0.15, 0.2) is 6.07 Å².